The molecule has 1 unspecified atom stereocenters. The number of para-hydroxylation sites is 1. The van der Waals surface area contributed by atoms with Gasteiger partial charge in [-0.1, -0.05) is 18.2 Å². The van der Waals surface area contributed by atoms with Crippen LogP contribution in [-0.4, -0.2) is 31.4 Å². The van der Waals surface area contributed by atoms with Crippen molar-refractivity contribution in [3.8, 4) is 5.75 Å². The summed E-state index contributed by atoms with van der Waals surface area (Å²) in [6.07, 6.45) is -2.08. The second-order valence-corrected chi connectivity index (χ2v) is 4.20. The van der Waals surface area contributed by atoms with E-state index in [4.69, 9.17) is 9.47 Å². The number of hydrogen-bond acceptors (Lipinski definition) is 3. The van der Waals surface area contributed by atoms with E-state index in [2.05, 4.69) is 0 Å². The van der Waals surface area contributed by atoms with Crippen molar-refractivity contribution in [2.24, 2.45) is 0 Å². The molecule has 0 spiro atoms. The highest BCUT2D eigenvalue weighted by Crippen LogP contribution is 2.34. The van der Waals surface area contributed by atoms with E-state index in [1.807, 2.05) is 12.1 Å². The van der Waals surface area contributed by atoms with Crippen LogP contribution in [-0.2, 0) is 11.2 Å². The van der Waals surface area contributed by atoms with Gasteiger partial charge in [0.05, 0.1) is 12.7 Å². The third kappa shape index (κ3) is 3.17. The molecule has 1 aromatic carbocycles. The largest absolute Gasteiger partial charge is 0.493 e. The summed E-state index contributed by atoms with van der Waals surface area (Å²) < 4.78 is 33.9. The van der Waals surface area contributed by atoms with Gasteiger partial charge < -0.3 is 14.6 Å². The second-order valence-electron chi connectivity index (χ2n) is 4.20. The van der Waals surface area contributed by atoms with Gasteiger partial charge in [0.15, 0.2) is 0 Å². The Morgan fingerprint density at radius 1 is 1.39 bits per heavy atom. The van der Waals surface area contributed by atoms with Crippen LogP contribution in [0.25, 0.3) is 0 Å². The number of alkyl halides is 2. The summed E-state index contributed by atoms with van der Waals surface area (Å²) in [6, 6.07) is 5.62. The van der Waals surface area contributed by atoms with Gasteiger partial charge >= 0.3 is 0 Å². The summed E-state index contributed by atoms with van der Waals surface area (Å²) in [5.74, 6) is 0.735. The molecule has 1 aromatic rings. The zero-order valence-electron chi connectivity index (χ0n) is 9.94. The predicted molar refractivity (Wildman–Crippen MR) is 62.0 cm³/mol. The number of hydrogen-bond donors (Lipinski definition) is 1. The highest BCUT2D eigenvalue weighted by molar-refractivity contribution is 5.45. The normalized spacial score (nSPS) is 15.6. The van der Waals surface area contributed by atoms with Crippen LogP contribution in [0.5, 0.6) is 5.75 Å². The molecule has 100 valence electrons. The molecule has 0 aromatic heterocycles. The SMILES string of the molecule is OC(CCOCC(F)F)c1cccc2c1OCC2. The topological polar surface area (TPSA) is 38.7 Å². The molecule has 1 atom stereocenters. The fraction of sp³-hybridized carbons (Fsp3) is 0.538. The van der Waals surface area contributed by atoms with Gasteiger partial charge in [0.25, 0.3) is 6.43 Å². The molecule has 2 rings (SSSR count). The Morgan fingerprint density at radius 3 is 3.00 bits per heavy atom. The number of ether oxygens (including phenoxy) is 2. The summed E-state index contributed by atoms with van der Waals surface area (Å²) in [5, 5.41) is 10.0. The highest BCUT2D eigenvalue weighted by Gasteiger charge is 2.20. The monoisotopic (exact) mass is 258 g/mol. The van der Waals surface area contributed by atoms with Gasteiger partial charge in [0.1, 0.15) is 12.4 Å². The van der Waals surface area contributed by atoms with Crippen molar-refractivity contribution in [1.82, 2.24) is 0 Å². The third-order valence-corrected chi connectivity index (χ3v) is 2.88. The predicted octanol–water partition coefficient (Wildman–Crippen LogP) is 2.33. The number of halogens is 2. The summed E-state index contributed by atoms with van der Waals surface area (Å²) in [6.45, 7) is 0.145. The summed E-state index contributed by atoms with van der Waals surface area (Å²) in [5.41, 5.74) is 1.80. The Morgan fingerprint density at radius 2 is 2.22 bits per heavy atom. The van der Waals surface area contributed by atoms with Crippen LogP contribution < -0.4 is 4.74 Å². The molecule has 0 saturated carbocycles. The maximum absolute atomic E-state index is 11.9. The summed E-state index contributed by atoms with van der Waals surface area (Å²) in [7, 11) is 0. The zero-order valence-corrected chi connectivity index (χ0v) is 9.94. The van der Waals surface area contributed by atoms with Crippen molar-refractivity contribution < 1.29 is 23.4 Å². The van der Waals surface area contributed by atoms with Gasteiger partial charge in [-0.05, 0) is 5.56 Å². The second kappa shape index (κ2) is 6.11. The van der Waals surface area contributed by atoms with E-state index in [-0.39, 0.29) is 13.0 Å². The first kappa shape index (κ1) is 13.2. The number of aliphatic hydroxyl groups is 1. The van der Waals surface area contributed by atoms with Crippen molar-refractivity contribution in [2.45, 2.75) is 25.4 Å². The lowest BCUT2D eigenvalue weighted by Crippen LogP contribution is -2.09. The minimum Gasteiger partial charge on any atom is -0.493 e. The average Bonchev–Trinajstić information content (AvgIpc) is 2.82. The van der Waals surface area contributed by atoms with E-state index >= 15 is 0 Å². The van der Waals surface area contributed by atoms with Crippen LogP contribution in [0, 0.1) is 0 Å². The lowest BCUT2D eigenvalue weighted by Gasteiger charge is -2.14. The lowest BCUT2D eigenvalue weighted by molar-refractivity contribution is 0.00460. The molecule has 1 N–H and O–H groups in total. The number of aliphatic hydroxyl groups excluding tert-OH is 1. The van der Waals surface area contributed by atoms with Crippen molar-refractivity contribution in [1.29, 1.82) is 0 Å². The van der Waals surface area contributed by atoms with Gasteiger partial charge in [-0.3, -0.25) is 0 Å². The minimum atomic E-state index is -2.47. The number of fused-ring (bicyclic) bond motifs is 1. The van der Waals surface area contributed by atoms with Crippen LogP contribution in [0.3, 0.4) is 0 Å². The first-order chi connectivity index (χ1) is 8.68. The van der Waals surface area contributed by atoms with Gasteiger partial charge in [-0.15, -0.1) is 0 Å². The fourth-order valence-electron chi connectivity index (χ4n) is 2.03. The first-order valence-corrected chi connectivity index (χ1v) is 5.97. The molecule has 0 radical (unpaired) electrons. The molecular formula is C13H16F2O3. The molecule has 18 heavy (non-hydrogen) atoms. The third-order valence-electron chi connectivity index (χ3n) is 2.88. The van der Waals surface area contributed by atoms with Crippen molar-refractivity contribution in [3.63, 3.8) is 0 Å². The van der Waals surface area contributed by atoms with Crippen LogP contribution >= 0.6 is 0 Å². The van der Waals surface area contributed by atoms with Crippen LogP contribution in [0.1, 0.15) is 23.7 Å². The Bertz CT molecular complexity index is 396. The Labute approximate surface area is 104 Å². The molecule has 1 heterocycles. The zero-order chi connectivity index (χ0) is 13.0. The Hall–Kier alpha value is -1.20. The van der Waals surface area contributed by atoms with Crippen LogP contribution in [0.2, 0.25) is 0 Å². The molecular weight excluding hydrogens is 242 g/mol. The molecule has 1 aliphatic heterocycles. The van der Waals surface area contributed by atoms with Crippen molar-refractivity contribution in [3.05, 3.63) is 29.3 Å². The Kier molecular flexibility index (Phi) is 4.49. The van der Waals surface area contributed by atoms with Gasteiger partial charge in [0.2, 0.25) is 0 Å². The van der Waals surface area contributed by atoms with Crippen molar-refractivity contribution in [2.75, 3.05) is 19.8 Å². The standard InChI is InChI=1S/C13H16F2O3/c14-12(15)8-17-6-5-11(16)10-3-1-2-9-4-7-18-13(9)10/h1-3,11-12,16H,4-8H2. The smallest absolute Gasteiger partial charge is 0.261 e. The fourth-order valence-corrected chi connectivity index (χ4v) is 2.03. The van der Waals surface area contributed by atoms with Crippen LogP contribution in [0.15, 0.2) is 18.2 Å². The van der Waals surface area contributed by atoms with E-state index in [1.54, 1.807) is 6.07 Å². The van der Waals surface area contributed by atoms with E-state index in [9.17, 15) is 13.9 Å². The minimum absolute atomic E-state index is 0.106. The average molecular weight is 258 g/mol. The summed E-state index contributed by atoms with van der Waals surface area (Å²) in [4.78, 5) is 0. The maximum Gasteiger partial charge on any atom is 0.261 e. The van der Waals surface area contributed by atoms with Crippen LogP contribution in [0.4, 0.5) is 8.78 Å². The molecule has 5 heteroatoms. The van der Waals surface area contributed by atoms with Gasteiger partial charge in [0, 0.05) is 25.0 Å². The first-order valence-electron chi connectivity index (χ1n) is 5.97. The van der Waals surface area contributed by atoms with E-state index < -0.39 is 19.1 Å². The molecule has 0 amide bonds. The summed E-state index contributed by atoms with van der Waals surface area (Å²) >= 11 is 0. The van der Waals surface area contributed by atoms with E-state index in [1.165, 1.54) is 0 Å². The molecule has 0 fully saturated rings. The highest BCUT2D eigenvalue weighted by atomic mass is 19.3. The molecule has 0 saturated heterocycles. The maximum atomic E-state index is 11.9. The van der Waals surface area contributed by atoms with Crippen molar-refractivity contribution >= 4 is 0 Å². The van der Waals surface area contributed by atoms with E-state index in [0.717, 1.165) is 17.7 Å². The molecule has 0 bridgehead atoms. The van der Waals surface area contributed by atoms with Gasteiger partial charge in [-0.2, -0.15) is 0 Å². The molecule has 3 nitrogen and oxygen atoms in total. The van der Waals surface area contributed by atoms with E-state index in [0.29, 0.717) is 12.2 Å². The Balaban J connectivity index is 1.89. The lowest BCUT2D eigenvalue weighted by atomic mass is 10.0. The van der Waals surface area contributed by atoms with Gasteiger partial charge in [-0.25, -0.2) is 8.78 Å². The number of benzene rings is 1. The molecule has 1 aliphatic rings. The quantitative estimate of drug-likeness (QED) is 0.796. The number of rotatable bonds is 6. The molecule has 0 aliphatic carbocycles.